The summed E-state index contributed by atoms with van der Waals surface area (Å²) < 4.78 is 11.1. The molecule has 6 nitrogen and oxygen atoms in total. The van der Waals surface area contributed by atoms with Crippen molar-refractivity contribution in [3.8, 4) is 11.8 Å². The molecule has 2 heterocycles. The molecule has 0 aliphatic carbocycles. The van der Waals surface area contributed by atoms with E-state index in [0.717, 1.165) is 12.0 Å². The van der Waals surface area contributed by atoms with E-state index in [1.807, 2.05) is 13.8 Å². The molecule has 0 unspecified atom stereocenters. The van der Waals surface area contributed by atoms with Crippen molar-refractivity contribution in [2.45, 2.75) is 32.9 Å². The summed E-state index contributed by atoms with van der Waals surface area (Å²) in [7, 11) is 0. The molecule has 0 spiro atoms. The lowest BCUT2D eigenvalue weighted by molar-refractivity contribution is 0.137. The van der Waals surface area contributed by atoms with Gasteiger partial charge in [0.25, 0.3) is 0 Å². The Morgan fingerprint density at radius 3 is 3.11 bits per heavy atom. The number of hydrogen-bond donors (Lipinski definition) is 1. The molecule has 0 aromatic carbocycles. The van der Waals surface area contributed by atoms with Crippen LogP contribution in [0, 0.1) is 0 Å². The van der Waals surface area contributed by atoms with Crippen molar-refractivity contribution in [2.75, 3.05) is 13.2 Å². The van der Waals surface area contributed by atoms with Crippen molar-refractivity contribution in [2.24, 2.45) is 0 Å². The van der Waals surface area contributed by atoms with Gasteiger partial charge < -0.3 is 19.5 Å². The monoisotopic (exact) mass is 266 g/mol. The Morgan fingerprint density at radius 1 is 1.63 bits per heavy atom. The van der Waals surface area contributed by atoms with E-state index in [9.17, 15) is 4.79 Å². The molecule has 0 fully saturated rings. The van der Waals surface area contributed by atoms with E-state index in [-0.39, 0.29) is 6.10 Å². The summed E-state index contributed by atoms with van der Waals surface area (Å²) in [5, 5.41) is 9.02. The Kier molecular flexibility index (Phi) is 4.09. The number of pyridine rings is 1. The van der Waals surface area contributed by atoms with Crippen molar-refractivity contribution >= 4 is 6.09 Å². The van der Waals surface area contributed by atoms with Gasteiger partial charge in [0.05, 0.1) is 19.2 Å². The summed E-state index contributed by atoms with van der Waals surface area (Å²) >= 11 is 0. The molecule has 0 saturated carbocycles. The third-order valence-corrected chi connectivity index (χ3v) is 3.04. The van der Waals surface area contributed by atoms with E-state index >= 15 is 0 Å². The molecule has 1 aromatic rings. The van der Waals surface area contributed by atoms with Gasteiger partial charge in [-0.05, 0) is 19.4 Å². The maximum atomic E-state index is 11.0. The second-order valence-electron chi connectivity index (χ2n) is 4.50. The standard InChI is InChI=1S/C13H18N2O4/c1-3-9(2)19-11-5-4-10-8-15(13(16)17)6-7-18-12(10)14-11/h4-5,9H,3,6-8H2,1-2H3,(H,16,17)/t9-/m0/s1. The Hall–Kier alpha value is -1.98. The molecule has 1 aliphatic heterocycles. The summed E-state index contributed by atoms with van der Waals surface area (Å²) in [6.07, 6.45) is 0.0371. The number of carboxylic acid groups (broad SMARTS) is 1. The van der Waals surface area contributed by atoms with Crippen LogP contribution in [0.3, 0.4) is 0 Å². The first-order valence-electron chi connectivity index (χ1n) is 6.37. The van der Waals surface area contributed by atoms with Crippen LogP contribution in [0.4, 0.5) is 4.79 Å². The third-order valence-electron chi connectivity index (χ3n) is 3.04. The summed E-state index contributed by atoms with van der Waals surface area (Å²) in [5.41, 5.74) is 0.761. The molecule has 1 aliphatic rings. The van der Waals surface area contributed by atoms with Gasteiger partial charge in [-0.15, -0.1) is 0 Å². The molecule has 0 radical (unpaired) electrons. The molecule has 0 bridgehead atoms. The Bertz CT molecular complexity index is 464. The third kappa shape index (κ3) is 3.27. The lowest BCUT2D eigenvalue weighted by Gasteiger charge is -2.15. The minimum Gasteiger partial charge on any atom is -0.475 e. The zero-order valence-corrected chi connectivity index (χ0v) is 11.1. The second-order valence-corrected chi connectivity index (χ2v) is 4.50. The fraction of sp³-hybridized carbons (Fsp3) is 0.538. The average Bonchev–Trinajstić information content (AvgIpc) is 2.60. The largest absolute Gasteiger partial charge is 0.475 e. The van der Waals surface area contributed by atoms with Gasteiger partial charge in [0, 0.05) is 11.6 Å². The van der Waals surface area contributed by atoms with Crippen molar-refractivity contribution in [3.63, 3.8) is 0 Å². The highest BCUT2D eigenvalue weighted by atomic mass is 16.5. The Balaban J connectivity index is 2.17. The lowest BCUT2D eigenvalue weighted by atomic mass is 10.2. The smallest absolute Gasteiger partial charge is 0.407 e. The van der Waals surface area contributed by atoms with Crippen LogP contribution in [0.1, 0.15) is 25.8 Å². The van der Waals surface area contributed by atoms with Crippen LogP contribution < -0.4 is 9.47 Å². The number of fused-ring (bicyclic) bond motifs is 1. The summed E-state index contributed by atoms with van der Waals surface area (Å²) in [5.74, 6) is 0.974. The van der Waals surface area contributed by atoms with Crippen LogP contribution in [0.25, 0.3) is 0 Å². The van der Waals surface area contributed by atoms with Crippen LogP contribution >= 0.6 is 0 Å². The van der Waals surface area contributed by atoms with E-state index < -0.39 is 6.09 Å². The van der Waals surface area contributed by atoms with Crippen LogP contribution in [0.5, 0.6) is 11.8 Å². The maximum absolute atomic E-state index is 11.0. The predicted octanol–water partition coefficient (Wildman–Crippen LogP) is 2.13. The first-order chi connectivity index (χ1) is 9.10. The number of ether oxygens (including phenoxy) is 2. The van der Waals surface area contributed by atoms with Gasteiger partial charge in [-0.3, -0.25) is 0 Å². The number of carbonyl (C=O) groups is 1. The van der Waals surface area contributed by atoms with E-state index in [2.05, 4.69) is 4.98 Å². The Labute approximate surface area is 112 Å². The molecule has 1 N–H and O–H groups in total. The first-order valence-corrected chi connectivity index (χ1v) is 6.37. The van der Waals surface area contributed by atoms with Crippen molar-refractivity contribution in [1.29, 1.82) is 0 Å². The zero-order chi connectivity index (χ0) is 13.8. The molecule has 6 heteroatoms. The highest BCUT2D eigenvalue weighted by Gasteiger charge is 2.20. The normalized spacial score (nSPS) is 16.0. The van der Waals surface area contributed by atoms with E-state index in [4.69, 9.17) is 14.6 Å². The summed E-state index contributed by atoms with van der Waals surface area (Å²) in [6, 6.07) is 3.56. The molecular weight excluding hydrogens is 248 g/mol. The summed E-state index contributed by atoms with van der Waals surface area (Å²) in [4.78, 5) is 16.6. The fourth-order valence-corrected chi connectivity index (χ4v) is 1.75. The molecule has 0 saturated heterocycles. The number of aromatic nitrogens is 1. The van der Waals surface area contributed by atoms with Crippen LogP contribution in [0.15, 0.2) is 12.1 Å². The second kappa shape index (κ2) is 5.77. The zero-order valence-electron chi connectivity index (χ0n) is 11.1. The van der Waals surface area contributed by atoms with Gasteiger partial charge in [-0.25, -0.2) is 4.79 Å². The maximum Gasteiger partial charge on any atom is 0.407 e. The van der Waals surface area contributed by atoms with Crippen molar-refractivity contribution < 1.29 is 19.4 Å². The minimum atomic E-state index is -0.948. The number of amides is 1. The van der Waals surface area contributed by atoms with Gasteiger partial charge in [-0.2, -0.15) is 4.98 Å². The topological polar surface area (TPSA) is 71.9 Å². The van der Waals surface area contributed by atoms with Gasteiger partial charge in [0.15, 0.2) is 0 Å². The lowest BCUT2D eigenvalue weighted by Crippen LogP contribution is -2.30. The van der Waals surface area contributed by atoms with E-state index in [1.54, 1.807) is 12.1 Å². The average molecular weight is 266 g/mol. The molecule has 1 aromatic heterocycles. The van der Waals surface area contributed by atoms with Crippen molar-refractivity contribution in [3.05, 3.63) is 17.7 Å². The molecule has 1 atom stereocenters. The predicted molar refractivity (Wildman–Crippen MR) is 68.5 cm³/mol. The summed E-state index contributed by atoms with van der Waals surface area (Å²) in [6.45, 7) is 4.95. The molecule has 104 valence electrons. The number of rotatable bonds is 3. The van der Waals surface area contributed by atoms with Gasteiger partial charge in [0.2, 0.25) is 11.8 Å². The van der Waals surface area contributed by atoms with Gasteiger partial charge in [0.1, 0.15) is 6.61 Å². The van der Waals surface area contributed by atoms with Crippen LogP contribution in [-0.4, -0.2) is 40.3 Å². The van der Waals surface area contributed by atoms with Crippen molar-refractivity contribution in [1.82, 2.24) is 9.88 Å². The minimum absolute atomic E-state index is 0.0897. The van der Waals surface area contributed by atoms with E-state index in [1.165, 1.54) is 4.90 Å². The molecular formula is C13H18N2O4. The SMILES string of the molecule is CC[C@H](C)Oc1ccc2c(n1)OCCN(C(=O)O)C2. The van der Waals surface area contributed by atoms with Crippen LogP contribution in [0.2, 0.25) is 0 Å². The Morgan fingerprint density at radius 2 is 2.42 bits per heavy atom. The number of hydrogen-bond acceptors (Lipinski definition) is 4. The van der Waals surface area contributed by atoms with Gasteiger partial charge in [-0.1, -0.05) is 6.92 Å². The van der Waals surface area contributed by atoms with E-state index in [0.29, 0.717) is 31.5 Å². The fourth-order valence-electron chi connectivity index (χ4n) is 1.75. The number of nitrogens with zero attached hydrogens (tertiary/aromatic N) is 2. The molecule has 1 amide bonds. The first kappa shape index (κ1) is 13.5. The van der Waals surface area contributed by atoms with Crippen LogP contribution in [-0.2, 0) is 6.54 Å². The highest BCUT2D eigenvalue weighted by Crippen LogP contribution is 2.24. The quantitative estimate of drug-likeness (QED) is 0.907. The highest BCUT2D eigenvalue weighted by molar-refractivity contribution is 5.65. The van der Waals surface area contributed by atoms with Gasteiger partial charge >= 0.3 is 6.09 Å². The molecule has 19 heavy (non-hydrogen) atoms. The molecule has 2 rings (SSSR count).